The lowest BCUT2D eigenvalue weighted by Gasteiger charge is -2.34. The molecule has 1 fully saturated rings. The zero-order chi connectivity index (χ0) is 16.1. The van der Waals surface area contributed by atoms with E-state index in [1.54, 1.807) is 4.90 Å². The number of anilines is 1. The van der Waals surface area contributed by atoms with Crippen LogP contribution in [0.15, 0.2) is 48.7 Å². The zero-order valence-corrected chi connectivity index (χ0v) is 14.8. The minimum absolute atomic E-state index is 0.246. The maximum Gasteiger partial charge on any atom is 0.410 e. The van der Waals surface area contributed by atoms with E-state index >= 15 is 0 Å². The molecule has 6 heteroatoms. The summed E-state index contributed by atoms with van der Waals surface area (Å²) in [5.41, 5.74) is 1.00. The van der Waals surface area contributed by atoms with Crippen LogP contribution in [-0.4, -0.2) is 42.2 Å². The molecule has 2 heterocycles. The molecule has 2 aromatic rings. The average molecular weight is 423 g/mol. The Morgan fingerprint density at radius 2 is 1.83 bits per heavy atom. The van der Waals surface area contributed by atoms with E-state index in [4.69, 9.17) is 4.74 Å². The molecule has 1 aliphatic rings. The van der Waals surface area contributed by atoms with E-state index in [1.165, 1.54) is 0 Å². The third-order valence-corrected chi connectivity index (χ3v) is 4.42. The molecule has 0 unspecified atom stereocenters. The molecular formula is C17H18IN3O2. The van der Waals surface area contributed by atoms with Gasteiger partial charge in [0.1, 0.15) is 12.4 Å². The maximum atomic E-state index is 12.1. The fourth-order valence-corrected chi connectivity index (χ4v) is 2.80. The van der Waals surface area contributed by atoms with Gasteiger partial charge in [0.15, 0.2) is 0 Å². The van der Waals surface area contributed by atoms with Crippen molar-refractivity contribution in [2.24, 2.45) is 0 Å². The fraction of sp³-hybridized carbons (Fsp3) is 0.294. The number of carbonyl (C=O) groups excluding carboxylic acids is 1. The number of rotatable bonds is 3. The lowest BCUT2D eigenvalue weighted by molar-refractivity contribution is 0.0941. The van der Waals surface area contributed by atoms with E-state index in [9.17, 15) is 4.79 Å². The molecule has 1 amide bonds. The van der Waals surface area contributed by atoms with Crippen molar-refractivity contribution in [1.29, 1.82) is 0 Å². The van der Waals surface area contributed by atoms with E-state index in [0.29, 0.717) is 19.7 Å². The predicted octanol–water partition coefficient (Wildman–Crippen LogP) is 3.15. The van der Waals surface area contributed by atoms with Crippen molar-refractivity contribution >= 4 is 34.5 Å². The first-order valence-corrected chi connectivity index (χ1v) is 8.62. The molecule has 1 aliphatic heterocycles. The second-order valence-electron chi connectivity index (χ2n) is 5.35. The fourth-order valence-electron chi connectivity index (χ4n) is 2.48. The van der Waals surface area contributed by atoms with Gasteiger partial charge in [-0.25, -0.2) is 9.78 Å². The van der Waals surface area contributed by atoms with Gasteiger partial charge >= 0.3 is 6.09 Å². The van der Waals surface area contributed by atoms with E-state index in [2.05, 4.69) is 32.5 Å². The summed E-state index contributed by atoms with van der Waals surface area (Å²) in [6, 6.07) is 13.8. The number of pyridine rings is 1. The molecule has 0 bridgehead atoms. The van der Waals surface area contributed by atoms with Crippen LogP contribution in [0.3, 0.4) is 0 Å². The summed E-state index contributed by atoms with van der Waals surface area (Å²) in [7, 11) is 0. The molecule has 0 saturated carbocycles. The van der Waals surface area contributed by atoms with Crippen LogP contribution in [0.2, 0.25) is 0 Å². The standard InChI is InChI=1S/C17H18IN3O2/c18-15-6-7-16(19-12-15)20-8-10-21(11-9-20)17(22)23-13-14-4-2-1-3-5-14/h1-7,12H,8-11,13H2. The largest absolute Gasteiger partial charge is 0.445 e. The molecule has 0 radical (unpaired) electrons. The highest BCUT2D eigenvalue weighted by molar-refractivity contribution is 14.1. The van der Waals surface area contributed by atoms with Gasteiger partial charge in [0.25, 0.3) is 0 Å². The van der Waals surface area contributed by atoms with Gasteiger partial charge in [-0.2, -0.15) is 0 Å². The van der Waals surface area contributed by atoms with Crippen molar-refractivity contribution < 1.29 is 9.53 Å². The first-order valence-electron chi connectivity index (χ1n) is 7.54. The van der Waals surface area contributed by atoms with Crippen LogP contribution in [-0.2, 0) is 11.3 Å². The van der Waals surface area contributed by atoms with Crippen LogP contribution < -0.4 is 4.90 Å². The SMILES string of the molecule is O=C(OCc1ccccc1)N1CCN(c2ccc(I)cn2)CC1. The molecule has 23 heavy (non-hydrogen) atoms. The van der Waals surface area contributed by atoms with Crippen molar-refractivity contribution in [3.8, 4) is 0 Å². The highest BCUT2D eigenvalue weighted by Gasteiger charge is 2.22. The molecule has 0 atom stereocenters. The van der Waals surface area contributed by atoms with Crippen LogP contribution in [0.5, 0.6) is 0 Å². The molecule has 5 nitrogen and oxygen atoms in total. The average Bonchev–Trinajstić information content (AvgIpc) is 2.61. The van der Waals surface area contributed by atoms with E-state index in [0.717, 1.165) is 28.0 Å². The first kappa shape index (κ1) is 16.0. The monoisotopic (exact) mass is 423 g/mol. The molecule has 120 valence electrons. The third-order valence-electron chi connectivity index (χ3n) is 3.78. The van der Waals surface area contributed by atoms with Gasteiger partial charge in [0, 0.05) is 35.9 Å². The van der Waals surface area contributed by atoms with Crippen LogP contribution in [0.4, 0.5) is 10.6 Å². The molecule has 3 rings (SSSR count). The summed E-state index contributed by atoms with van der Waals surface area (Å²) < 4.78 is 6.50. The van der Waals surface area contributed by atoms with Crippen LogP contribution in [0, 0.1) is 3.57 Å². The van der Waals surface area contributed by atoms with Gasteiger partial charge in [0.05, 0.1) is 0 Å². The smallest absolute Gasteiger partial charge is 0.410 e. The molecule has 0 aliphatic carbocycles. The quantitative estimate of drug-likeness (QED) is 0.712. The van der Waals surface area contributed by atoms with Crippen molar-refractivity contribution in [3.05, 3.63) is 57.8 Å². The summed E-state index contributed by atoms with van der Waals surface area (Å²) in [5.74, 6) is 0.961. The zero-order valence-electron chi connectivity index (χ0n) is 12.7. The molecule has 0 spiro atoms. The number of amides is 1. The molecule has 1 aromatic carbocycles. The number of hydrogen-bond donors (Lipinski definition) is 0. The Morgan fingerprint density at radius 1 is 1.09 bits per heavy atom. The number of halogens is 1. The van der Waals surface area contributed by atoms with Gasteiger partial charge < -0.3 is 14.5 Å². The number of piperazine rings is 1. The summed E-state index contributed by atoms with van der Waals surface area (Å²) >= 11 is 2.24. The molecular weight excluding hydrogens is 405 g/mol. The van der Waals surface area contributed by atoms with Crippen molar-refractivity contribution in [1.82, 2.24) is 9.88 Å². The van der Waals surface area contributed by atoms with E-state index < -0.39 is 0 Å². The van der Waals surface area contributed by atoms with Crippen molar-refractivity contribution in [2.45, 2.75) is 6.61 Å². The van der Waals surface area contributed by atoms with Crippen molar-refractivity contribution in [2.75, 3.05) is 31.1 Å². The van der Waals surface area contributed by atoms with Crippen LogP contribution in [0.1, 0.15) is 5.56 Å². The van der Waals surface area contributed by atoms with Crippen LogP contribution >= 0.6 is 22.6 Å². The molecule has 0 N–H and O–H groups in total. The van der Waals surface area contributed by atoms with Gasteiger partial charge in [-0.1, -0.05) is 30.3 Å². The summed E-state index contributed by atoms with van der Waals surface area (Å²) in [5, 5.41) is 0. The van der Waals surface area contributed by atoms with E-state index in [1.807, 2.05) is 48.7 Å². The topological polar surface area (TPSA) is 45.7 Å². The van der Waals surface area contributed by atoms with Crippen LogP contribution in [0.25, 0.3) is 0 Å². The number of aromatic nitrogens is 1. The Kier molecular flexibility index (Phi) is 5.32. The number of hydrogen-bond acceptors (Lipinski definition) is 4. The molecule has 1 aromatic heterocycles. The Bertz CT molecular complexity index is 641. The summed E-state index contributed by atoms with van der Waals surface area (Å²) in [4.78, 5) is 20.5. The Balaban J connectivity index is 1.48. The van der Waals surface area contributed by atoms with Gasteiger partial charge in [-0.05, 0) is 40.3 Å². The lowest BCUT2D eigenvalue weighted by Crippen LogP contribution is -2.49. The summed E-state index contributed by atoms with van der Waals surface area (Å²) in [6.45, 7) is 3.17. The van der Waals surface area contributed by atoms with Gasteiger partial charge in [-0.3, -0.25) is 0 Å². The number of benzene rings is 1. The first-order chi connectivity index (χ1) is 11.2. The van der Waals surface area contributed by atoms with Crippen molar-refractivity contribution in [3.63, 3.8) is 0 Å². The summed E-state index contributed by atoms with van der Waals surface area (Å²) in [6.07, 6.45) is 1.61. The van der Waals surface area contributed by atoms with Gasteiger partial charge in [-0.15, -0.1) is 0 Å². The molecule has 1 saturated heterocycles. The Hall–Kier alpha value is -1.83. The minimum Gasteiger partial charge on any atom is -0.445 e. The van der Waals surface area contributed by atoms with E-state index in [-0.39, 0.29) is 6.09 Å². The maximum absolute atomic E-state index is 12.1. The second-order valence-corrected chi connectivity index (χ2v) is 6.59. The minimum atomic E-state index is -0.246. The highest BCUT2D eigenvalue weighted by atomic mass is 127. The number of carbonyl (C=O) groups is 1. The second kappa shape index (κ2) is 7.63. The third kappa shape index (κ3) is 4.34. The number of ether oxygens (including phenoxy) is 1. The predicted molar refractivity (Wildman–Crippen MR) is 97.4 cm³/mol. The normalized spacial score (nSPS) is 14.7. The lowest BCUT2D eigenvalue weighted by atomic mass is 10.2. The Morgan fingerprint density at radius 3 is 2.48 bits per heavy atom. The highest BCUT2D eigenvalue weighted by Crippen LogP contribution is 2.15. The Labute approximate surface area is 149 Å². The van der Waals surface area contributed by atoms with Gasteiger partial charge in [0.2, 0.25) is 0 Å². The number of nitrogens with zero attached hydrogens (tertiary/aromatic N) is 3.